The van der Waals surface area contributed by atoms with E-state index in [0.717, 1.165) is 24.2 Å². The monoisotopic (exact) mass is 338 g/mol. The Morgan fingerprint density at radius 2 is 1.86 bits per heavy atom. The molecule has 2 aromatic rings. The highest BCUT2D eigenvalue weighted by molar-refractivity contribution is 7.89. The second-order valence-corrected chi connectivity index (χ2v) is 7.54. The zero-order chi connectivity index (χ0) is 16.3. The smallest absolute Gasteiger partial charge is 0.259 e. The van der Waals surface area contributed by atoms with Crippen LogP contribution in [0.3, 0.4) is 0 Å². The zero-order valence-electron chi connectivity index (χ0n) is 12.2. The molecule has 1 amide bonds. The van der Waals surface area contributed by atoms with Crippen molar-refractivity contribution in [3.8, 4) is 11.1 Å². The van der Waals surface area contributed by atoms with Gasteiger partial charge < -0.3 is 5.73 Å². The first-order valence-electron chi connectivity index (χ1n) is 6.90. The fraction of sp³-hybridized carbons (Fsp3) is 0.267. The molecule has 0 fully saturated rings. The molecule has 118 valence electrons. The largest absolute Gasteiger partial charge is 0.365 e. The summed E-state index contributed by atoms with van der Waals surface area (Å²) in [6.45, 7) is 2.01. The maximum absolute atomic E-state index is 12.1. The quantitative estimate of drug-likeness (QED) is 0.845. The average Bonchev–Trinajstić information content (AvgIpc) is 2.85. The Morgan fingerprint density at radius 3 is 2.36 bits per heavy atom. The molecule has 0 aliphatic heterocycles. The number of primary sulfonamides is 1. The van der Waals surface area contributed by atoms with Gasteiger partial charge in [-0.3, -0.25) is 4.79 Å². The Bertz CT molecular complexity index is 781. The number of nitrogens with two attached hydrogens (primary N) is 2. The van der Waals surface area contributed by atoms with E-state index in [0.29, 0.717) is 22.4 Å². The first-order valence-corrected chi connectivity index (χ1v) is 9.26. The van der Waals surface area contributed by atoms with Crippen LogP contribution in [0, 0.1) is 0 Å². The Balaban J connectivity index is 2.78. The lowest BCUT2D eigenvalue weighted by atomic mass is 10.0. The Kier molecular flexibility index (Phi) is 5.00. The number of carbonyl (C=O) groups is 1. The summed E-state index contributed by atoms with van der Waals surface area (Å²) in [4.78, 5) is 12.6. The minimum absolute atomic E-state index is 0.0333. The maximum atomic E-state index is 12.1. The summed E-state index contributed by atoms with van der Waals surface area (Å²) < 4.78 is 24.2. The molecule has 0 bridgehead atoms. The Morgan fingerprint density at radius 1 is 1.23 bits per heavy atom. The van der Waals surface area contributed by atoms with E-state index in [2.05, 4.69) is 0 Å². The standard InChI is InChI=1S/C15H18N2O3S2/c1-2-3-9-11-14(22(17,19)20)12(13(21-11)15(16)18)10-7-5-4-6-8-10/h4-8H,2-3,9H2,1H3,(H2,16,18)(H2,17,19,20). The number of carbonyl (C=O) groups excluding carboxylic acids is 1. The number of unbranched alkanes of at least 4 members (excludes halogenated alkanes) is 1. The van der Waals surface area contributed by atoms with Crippen molar-refractivity contribution in [3.63, 3.8) is 0 Å². The van der Waals surface area contributed by atoms with Crippen molar-refractivity contribution in [2.45, 2.75) is 31.1 Å². The Hall–Kier alpha value is -1.70. The first kappa shape index (κ1) is 16.7. The predicted molar refractivity (Wildman–Crippen MR) is 88.3 cm³/mol. The zero-order valence-corrected chi connectivity index (χ0v) is 13.8. The van der Waals surface area contributed by atoms with E-state index < -0.39 is 15.9 Å². The highest BCUT2D eigenvalue weighted by Gasteiger charge is 2.28. The fourth-order valence-electron chi connectivity index (χ4n) is 2.31. The molecule has 0 saturated heterocycles. The van der Waals surface area contributed by atoms with Gasteiger partial charge in [-0.05, 0) is 18.4 Å². The van der Waals surface area contributed by atoms with Crippen molar-refractivity contribution in [1.29, 1.82) is 0 Å². The van der Waals surface area contributed by atoms with E-state index in [1.54, 1.807) is 24.3 Å². The number of aryl methyl sites for hydroxylation is 1. The van der Waals surface area contributed by atoms with Crippen LogP contribution < -0.4 is 10.9 Å². The number of hydrogen-bond donors (Lipinski definition) is 2. The number of benzene rings is 1. The molecule has 5 nitrogen and oxygen atoms in total. The van der Waals surface area contributed by atoms with Crippen LogP contribution in [0.2, 0.25) is 0 Å². The lowest BCUT2D eigenvalue weighted by Crippen LogP contribution is -2.15. The highest BCUT2D eigenvalue weighted by Crippen LogP contribution is 2.39. The summed E-state index contributed by atoms with van der Waals surface area (Å²) in [5.41, 5.74) is 6.39. The average molecular weight is 338 g/mol. The molecule has 7 heteroatoms. The van der Waals surface area contributed by atoms with Crippen LogP contribution in [-0.2, 0) is 16.4 Å². The second kappa shape index (κ2) is 6.60. The van der Waals surface area contributed by atoms with Gasteiger partial charge in [-0.2, -0.15) is 0 Å². The number of amides is 1. The molecule has 0 aliphatic rings. The van der Waals surface area contributed by atoms with Gasteiger partial charge in [0.25, 0.3) is 5.91 Å². The highest BCUT2D eigenvalue weighted by atomic mass is 32.2. The molecule has 1 heterocycles. The lowest BCUT2D eigenvalue weighted by molar-refractivity contribution is 0.100. The molecule has 1 aromatic carbocycles. The van der Waals surface area contributed by atoms with Gasteiger partial charge in [-0.1, -0.05) is 43.7 Å². The SMILES string of the molecule is CCCCc1sc(C(N)=O)c(-c2ccccc2)c1S(N)(=O)=O. The molecule has 22 heavy (non-hydrogen) atoms. The van der Waals surface area contributed by atoms with Crippen molar-refractivity contribution < 1.29 is 13.2 Å². The number of rotatable bonds is 6. The van der Waals surface area contributed by atoms with E-state index in [1.165, 1.54) is 0 Å². The molecule has 0 atom stereocenters. The summed E-state index contributed by atoms with van der Waals surface area (Å²) >= 11 is 1.12. The van der Waals surface area contributed by atoms with Gasteiger partial charge in [0.15, 0.2) is 0 Å². The minimum atomic E-state index is -3.95. The molecule has 0 spiro atoms. The summed E-state index contributed by atoms with van der Waals surface area (Å²) in [6, 6.07) is 8.85. The molecule has 4 N–H and O–H groups in total. The molecule has 0 saturated carbocycles. The molecule has 1 aromatic heterocycles. The van der Waals surface area contributed by atoms with Gasteiger partial charge in [0, 0.05) is 10.4 Å². The molecule has 0 aliphatic carbocycles. The summed E-state index contributed by atoms with van der Waals surface area (Å²) in [5.74, 6) is -0.642. The lowest BCUT2D eigenvalue weighted by Gasteiger charge is -2.06. The third-order valence-corrected chi connectivity index (χ3v) is 5.67. The van der Waals surface area contributed by atoms with Crippen molar-refractivity contribution >= 4 is 27.3 Å². The van der Waals surface area contributed by atoms with Crippen LogP contribution in [0.5, 0.6) is 0 Å². The third-order valence-electron chi connectivity index (χ3n) is 3.26. The fourth-order valence-corrected chi connectivity index (χ4v) is 4.88. The van der Waals surface area contributed by atoms with E-state index in [4.69, 9.17) is 10.9 Å². The van der Waals surface area contributed by atoms with Gasteiger partial charge in [-0.25, -0.2) is 13.6 Å². The first-order chi connectivity index (χ1) is 10.4. The van der Waals surface area contributed by atoms with Crippen LogP contribution in [0.4, 0.5) is 0 Å². The van der Waals surface area contributed by atoms with Crippen molar-refractivity contribution in [2.24, 2.45) is 10.9 Å². The molecule has 0 radical (unpaired) electrons. The van der Waals surface area contributed by atoms with Gasteiger partial charge in [0.1, 0.15) is 9.77 Å². The number of hydrogen-bond acceptors (Lipinski definition) is 4. The maximum Gasteiger partial charge on any atom is 0.259 e. The second-order valence-electron chi connectivity index (χ2n) is 4.94. The topological polar surface area (TPSA) is 103 Å². The van der Waals surface area contributed by atoms with Crippen LogP contribution in [0.25, 0.3) is 11.1 Å². The van der Waals surface area contributed by atoms with Crippen LogP contribution in [0.1, 0.15) is 34.3 Å². The van der Waals surface area contributed by atoms with Crippen molar-refractivity contribution in [1.82, 2.24) is 0 Å². The van der Waals surface area contributed by atoms with E-state index in [9.17, 15) is 13.2 Å². The normalized spacial score (nSPS) is 11.5. The Labute approximate surface area is 134 Å². The van der Waals surface area contributed by atoms with Crippen molar-refractivity contribution in [2.75, 3.05) is 0 Å². The van der Waals surface area contributed by atoms with Gasteiger partial charge in [-0.15, -0.1) is 11.3 Å². The van der Waals surface area contributed by atoms with Gasteiger partial charge in [0.05, 0.1) is 0 Å². The third kappa shape index (κ3) is 3.37. The van der Waals surface area contributed by atoms with Crippen LogP contribution in [-0.4, -0.2) is 14.3 Å². The van der Waals surface area contributed by atoms with Crippen molar-refractivity contribution in [3.05, 3.63) is 40.1 Å². The minimum Gasteiger partial charge on any atom is -0.365 e. The van der Waals surface area contributed by atoms with E-state index >= 15 is 0 Å². The molecular formula is C15H18N2O3S2. The number of thiophene rings is 1. The van der Waals surface area contributed by atoms with E-state index in [1.807, 2.05) is 13.0 Å². The molecule has 0 unspecified atom stereocenters. The van der Waals surface area contributed by atoms with E-state index in [-0.39, 0.29) is 9.77 Å². The summed E-state index contributed by atoms with van der Waals surface area (Å²) in [5, 5.41) is 5.41. The van der Waals surface area contributed by atoms with Gasteiger partial charge >= 0.3 is 0 Å². The van der Waals surface area contributed by atoms with Crippen LogP contribution >= 0.6 is 11.3 Å². The summed E-state index contributed by atoms with van der Waals surface area (Å²) in [6.07, 6.45) is 2.28. The predicted octanol–water partition coefficient (Wildman–Crippen LogP) is 2.50. The van der Waals surface area contributed by atoms with Crippen LogP contribution in [0.15, 0.2) is 35.2 Å². The number of primary amides is 1. The molecule has 2 rings (SSSR count). The molecular weight excluding hydrogens is 320 g/mol. The number of sulfonamides is 1. The van der Waals surface area contributed by atoms with Gasteiger partial charge in [0.2, 0.25) is 10.0 Å². The summed E-state index contributed by atoms with van der Waals surface area (Å²) in [7, 11) is -3.95.